The lowest BCUT2D eigenvalue weighted by Crippen LogP contribution is -2.25. The van der Waals surface area contributed by atoms with Gasteiger partial charge in [-0.15, -0.1) is 0 Å². The smallest absolute Gasteiger partial charge is 0.163 e. The first-order valence-corrected chi connectivity index (χ1v) is 9.97. The molecule has 1 aliphatic heterocycles. The Balaban J connectivity index is 1.87. The van der Waals surface area contributed by atoms with Crippen LogP contribution < -0.4 is 0 Å². The fourth-order valence-corrected chi connectivity index (χ4v) is 3.64. The van der Waals surface area contributed by atoms with Crippen LogP contribution in [0.1, 0.15) is 83.8 Å². The van der Waals surface area contributed by atoms with Crippen LogP contribution in [0.5, 0.6) is 0 Å². The highest BCUT2D eigenvalue weighted by Crippen LogP contribution is 2.33. The maximum absolute atomic E-state index is 6.20. The standard InChI is InChI=1S/C22H36O2/c1-5-7-8-9-10-12-20-21(24-22(3,4)23-20)17-19-15-13-18(11-6-2)14-16-19/h13-16,20-21H,5-12,17H2,1-4H3. The molecule has 0 N–H and O–H groups in total. The fraction of sp³-hybridized carbons (Fsp3) is 0.727. The predicted octanol–water partition coefficient (Wildman–Crippen LogP) is 6.06. The van der Waals surface area contributed by atoms with Gasteiger partial charge in [0.1, 0.15) is 0 Å². The fourth-order valence-electron chi connectivity index (χ4n) is 3.64. The van der Waals surface area contributed by atoms with Gasteiger partial charge in [0, 0.05) is 6.42 Å². The molecule has 0 aromatic heterocycles. The molecule has 0 radical (unpaired) electrons. The molecule has 1 aromatic rings. The van der Waals surface area contributed by atoms with Crippen LogP contribution in [0, 0.1) is 0 Å². The van der Waals surface area contributed by atoms with Gasteiger partial charge in [0.15, 0.2) is 5.79 Å². The van der Waals surface area contributed by atoms with E-state index in [-0.39, 0.29) is 12.2 Å². The lowest BCUT2D eigenvalue weighted by molar-refractivity contribution is -0.146. The largest absolute Gasteiger partial charge is 0.345 e. The highest BCUT2D eigenvalue weighted by atomic mass is 16.7. The molecule has 0 saturated carbocycles. The van der Waals surface area contributed by atoms with Crippen molar-refractivity contribution in [3.8, 4) is 0 Å². The molecule has 0 aliphatic carbocycles. The Morgan fingerprint density at radius 3 is 2.08 bits per heavy atom. The Bertz CT molecular complexity index is 463. The van der Waals surface area contributed by atoms with Crippen molar-refractivity contribution in [1.82, 2.24) is 0 Å². The van der Waals surface area contributed by atoms with Gasteiger partial charge in [-0.2, -0.15) is 0 Å². The normalized spacial score (nSPS) is 22.8. The molecule has 2 heteroatoms. The summed E-state index contributed by atoms with van der Waals surface area (Å²) in [5.74, 6) is -0.444. The minimum atomic E-state index is -0.444. The Morgan fingerprint density at radius 1 is 0.792 bits per heavy atom. The summed E-state index contributed by atoms with van der Waals surface area (Å²) in [7, 11) is 0. The summed E-state index contributed by atoms with van der Waals surface area (Å²) >= 11 is 0. The van der Waals surface area contributed by atoms with E-state index in [4.69, 9.17) is 9.47 Å². The molecule has 1 fully saturated rings. The second-order valence-electron chi connectivity index (χ2n) is 7.69. The van der Waals surface area contributed by atoms with E-state index in [0.717, 1.165) is 19.3 Å². The Hall–Kier alpha value is -0.860. The van der Waals surface area contributed by atoms with Gasteiger partial charge in [0.25, 0.3) is 0 Å². The van der Waals surface area contributed by atoms with E-state index in [1.54, 1.807) is 0 Å². The molecule has 1 saturated heterocycles. The molecular formula is C22H36O2. The minimum Gasteiger partial charge on any atom is -0.345 e. The third-order valence-corrected chi connectivity index (χ3v) is 4.88. The molecule has 2 atom stereocenters. The van der Waals surface area contributed by atoms with Crippen molar-refractivity contribution < 1.29 is 9.47 Å². The lowest BCUT2D eigenvalue weighted by Gasteiger charge is -2.17. The van der Waals surface area contributed by atoms with Crippen LogP contribution in [-0.4, -0.2) is 18.0 Å². The maximum Gasteiger partial charge on any atom is 0.163 e. The van der Waals surface area contributed by atoms with E-state index < -0.39 is 5.79 Å². The van der Waals surface area contributed by atoms with Gasteiger partial charge in [0.2, 0.25) is 0 Å². The zero-order valence-electron chi connectivity index (χ0n) is 16.1. The lowest BCUT2D eigenvalue weighted by atomic mass is 9.98. The van der Waals surface area contributed by atoms with E-state index in [9.17, 15) is 0 Å². The van der Waals surface area contributed by atoms with Gasteiger partial charge < -0.3 is 9.47 Å². The van der Waals surface area contributed by atoms with Crippen molar-refractivity contribution in [3.63, 3.8) is 0 Å². The SMILES string of the molecule is CCCCCCCC1OC(C)(C)OC1Cc1ccc(CCC)cc1. The summed E-state index contributed by atoms with van der Waals surface area (Å²) in [6.45, 7) is 8.58. The number of hydrogen-bond acceptors (Lipinski definition) is 2. The molecule has 0 amide bonds. The Morgan fingerprint density at radius 2 is 1.42 bits per heavy atom. The van der Waals surface area contributed by atoms with Gasteiger partial charge in [-0.25, -0.2) is 0 Å². The Labute approximate surface area is 148 Å². The van der Waals surface area contributed by atoms with Crippen molar-refractivity contribution >= 4 is 0 Å². The van der Waals surface area contributed by atoms with Crippen molar-refractivity contribution in [2.75, 3.05) is 0 Å². The van der Waals surface area contributed by atoms with Crippen LogP contribution in [0.25, 0.3) is 0 Å². The van der Waals surface area contributed by atoms with Crippen LogP contribution in [-0.2, 0) is 22.3 Å². The number of benzene rings is 1. The molecule has 2 rings (SSSR count). The van der Waals surface area contributed by atoms with Crippen molar-refractivity contribution in [1.29, 1.82) is 0 Å². The molecular weight excluding hydrogens is 296 g/mol. The van der Waals surface area contributed by atoms with E-state index in [1.165, 1.54) is 49.7 Å². The summed E-state index contributed by atoms with van der Waals surface area (Å²) in [5.41, 5.74) is 2.79. The van der Waals surface area contributed by atoms with E-state index in [1.807, 2.05) is 13.8 Å². The van der Waals surface area contributed by atoms with E-state index >= 15 is 0 Å². The zero-order valence-corrected chi connectivity index (χ0v) is 16.1. The third kappa shape index (κ3) is 6.22. The zero-order chi connectivity index (χ0) is 17.4. The number of rotatable bonds is 10. The summed E-state index contributed by atoms with van der Waals surface area (Å²) < 4.78 is 12.4. The summed E-state index contributed by atoms with van der Waals surface area (Å²) in [6, 6.07) is 9.05. The molecule has 136 valence electrons. The first-order chi connectivity index (χ1) is 11.5. The monoisotopic (exact) mass is 332 g/mol. The third-order valence-electron chi connectivity index (χ3n) is 4.88. The summed E-state index contributed by atoms with van der Waals surface area (Å²) in [4.78, 5) is 0. The van der Waals surface area contributed by atoms with E-state index in [0.29, 0.717) is 0 Å². The second-order valence-corrected chi connectivity index (χ2v) is 7.69. The first kappa shape index (κ1) is 19.5. The average molecular weight is 333 g/mol. The van der Waals surface area contributed by atoms with Gasteiger partial charge >= 0.3 is 0 Å². The quantitative estimate of drug-likeness (QED) is 0.485. The average Bonchev–Trinajstić information content (AvgIpc) is 2.83. The van der Waals surface area contributed by atoms with Gasteiger partial charge in [-0.1, -0.05) is 76.6 Å². The minimum absolute atomic E-state index is 0.184. The van der Waals surface area contributed by atoms with Crippen LogP contribution >= 0.6 is 0 Å². The molecule has 1 aromatic carbocycles. The number of hydrogen-bond donors (Lipinski definition) is 0. The molecule has 0 bridgehead atoms. The van der Waals surface area contributed by atoms with E-state index in [2.05, 4.69) is 38.1 Å². The summed E-state index contributed by atoms with van der Waals surface area (Å²) in [6.07, 6.45) is 11.4. The Kier molecular flexibility index (Phi) is 7.77. The molecule has 0 spiro atoms. The second kappa shape index (κ2) is 9.58. The highest BCUT2D eigenvalue weighted by molar-refractivity contribution is 5.23. The molecule has 24 heavy (non-hydrogen) atoms. The highest BCUT2D eigenvalue weighted by Gasteiger charge is 2.40. The van der Waals surface area contributed by atoms with Crippen LogP contribution in [0.2, 0.25) is 0 Å². The molecule has 1 heterocycles. The number of aryl methyl sites for hydroxylation is 1. The van der Waals surface area contributed by atoms with Crippen molar-refractivity contribution in [2.45, 2.75) is 103 Å². The van der Waals surface area contributed by atoms with Crippen molar-refractivity contribution in [3.05, 3.63) is 35.4 Å². The van der Waals surface area contributed by atoms with Gasteiger partial charge in [0.05, 0.1) is 12.2 Å². The van der Waals surface area contributed by atoms with Crippen LogP contribution in [0.15, 0.2) is 24.3 Å². The predicted molar refractivity (Wildman–Crippen MR) is 101 cm³/mol. The topological polar surface area (TPSA) is 18.5 Å². The summed E-state index contributed by atoms with van der Waals surface area (Å²) in [5, 5.41) is 0. The number of ether oxygens (including phenoxy) is 2. The van der Waals surface area contributed by atoms with Crippen molar-refractivity contribution in [2.24, 2.45) is 0 Å². The molecule has 2 nitrogen and oxygen atoms in total. The maximum atomic E-state index is 6.20. The molecule has 1 aliphatic rings. The van der Waals surface area contributed by atoms with Gasteiger partial charge in [-0.3, -0.25) is 0 Å². The van der Waals surface area contributed by atoms with Gasteiger partial charge in [-0.05, 0) is 37.8 Å². The first-order valence-electron chi connectivity index (χ1n) is 9.97. The van der Waals surface area contributed by atoms with Crippen LogP contribution in [0.4, 0.5) is 0 Å². The van der Waals surface area contributed by atoms with Crippen LogP contribution in [0.3, 0.4) is 0 Å². The molecule has 2 unspecified atom stereocenters. The number of unbranched alkanes of at least 4 members (excludes halogenated alkanes) is 4.